The predicted octanol–water partition coefficient (Wildman–Crippen LogP) is 2.67. The minimum absolute atomic E-state index is 0.0461. The summed E-state index contributed by atoms with van der Waals surface area (Å²) < 4.78 is 10.4. The van der Waals surface area contributed by atoms with Crippen LogP contribution in [0.1, 0.15) is 45.6 Å². The van der Waals surface area contributed by atoms with E-state index in [0.29, 0.717) is 5.06 Å². The lowest BCUT2D eigenvalue weighted by Gasteiger charge is -2.24. The van der Waals surface area contributed by atoms with Crippen molar-refractivity contribution in [1.82, 2.24) is 10.4 Å². The van der Waals surface area contributed by atoms with Crippen molar-refractivity contribution in [3.05, 3.63) is 48.0 Å². The highest BCUT2D eigenvalue weighted by Gasteiger charge is 2.61. The third-order valence-electron chi connectivity index (χ3n) is 6.47. The van der Waals surface area contributed by atoms with Crippen LogP contribution in [0.3, 0.4) is 0 Å². The lowest BCUT2D eigenvalue weighted by atomic mass is 9.85. The van der Waals surface area contributed by atoms with Crippen LogP contribution in [-0.2, 0) is 40.1 Å². The Kier molecular flexibility index (Phi) is 7.14. The average Bonchev–Trinajstić information content (AvgIpc) is 3.50. The van der Waals surface area contributed by atoms with Crippen molar-refractivity contribution < 1.29 is 38.3 Å². The fourth-order valence-electron chi connectivity index (χ4n) is 4.89. The summed E-state index contributed by atoms with van der Waals surface area (Å²) in [4.78, 5) is 68.5. The highest BCUT2D eigenvalue weighted by Crippen LogP contribution is 2.52. The quantitative estimate of drug-likeness (QED) is 0.329. The number of hydrogen-bond donors (Lipinski definition) is 1. The molecule has 0 aromatic heterocycles. The number of ether oxygens (including phenoxy) is 2. The molecule has 2 aliphatic carbocycles. The van der Waals surface area contributed by atoms with Gasteiger partial charge >= 0.3 is 18.0 Å². The molecule has 1 N–H and O–H groups in total. The van der Waals surface area contributed by atoms with Gasteiger partial charge in [-0.25, -0.2) is 9.59 Å². The van der Waals surface area contributed by atoms with Crippen LogP contribution in [0.4, 0.5) is 4.79 Å². The summed E-state index contributed by atoms with van der Waals surface area (Å²) in [5.74, 6) is -3.92. The van der Waals surface area contributed by atoms with Gasteiger partial charge in [-0.3, -0.25) is 14.4 Å². The number of carbonyl (C=O) groups is 5. The zero-order valence-electron chi connectivity index (χ0n) is 20.5. The van der Waals surface area contributed by atoms with Crippen LogP contribution in [0, 0.1) is 23.7 Å². The molecule has 36 heavy (non-hydrogen) atoms. The van der Waals surface area contributed by atoms with Gasteiger partial charge in [0.15, 0.2) is 0 Å². The molecule has 1 aliphatic heterocycles. The van der Waals surface area contributed by atoms with Crippen LogP contribution in [0.15, 0.2) is 42.5 Å². The van der Waals surface area contributed by atoms with Crippen LogP contribution >= 0.6 is 0 Å². The predicted molar refractivity (Wildman–Crippen MR) is 124 cm³/mol. The fourth-order valence-corrected chi connectivity index (χ4v) is 4.89. The maximum atomic E-state index is 13.0. The van der Waals surface area contributed by atoms with Crippen LogP contribution in [0.5, 0.6) is 0 Å². The smallest absolute Gasteiger partial charge is 0.408 e. The van der Waals surface area contributed by atoms with E-state index in [-0.39, 0.29) is 31.3 Å². The normalized spacial score (nSPS) is 24.9. The molecule has 1 saturated heterocycles. The monoisotopic (exact) mass is 498 g/mol. The Morgan fingerprint density at radius 1 is 1.03 bits per heavy atom. The first kappa shape index (κ1) is 25.4. The molecule has 10 heteroatoms. The highest BCUT2D eigenvalue weighted by molar-refractivity contribution is 6.06. The number of hydrogen-bond acceptors (Lipinski definition) is 8. The van der Waals surface area contributed by atoms with E-state index in [4.69, 9.17) is 14.3 Å². The Bertz CT molecular complexity index is 1050. The lowest BCUT2D eigenvalue weighted by Crippen LogP contribution is -2.47. The van der Waals surface area contributed by atoms with Crippen LogP contribution in [0.2, 0.25) is 0 Å². The molecule has 0 unspecified atom stereocenters. The number of allylic oxidation sites excluding steroid dienone is 2. The molecule has 2 bridgehead atoms. The molecule has 5 atom stereocenters. The molecule has 0 spiro atoms. The molecule has 10 nitrogen and oxygen atoms in total. The summed E-state index contributed by atoms with van der Waals surface area (Å²) in [5.41, 5.74) is -0.0358. The molecule has 4 rings (SSSR count). The van der Waals surface area contributed by atoms with Gasteiger partial charge in [0, 0.05) is 6.42 Å². The van der Waals surface area contributed by atoms with Gasteiger partial charge in [0.25, 0.3) is 11.8 Å². The van der Waals surface area contributed by atoms with Gasteiger partial charge in [-0.2, -0.15) is 0 Å². The first-order valence-corrected chi connectivity index (χ1v) is 12.0. The van der Waals surface area contributed by atoms with E-state index in [1.54, 1.807) is 32.9 Å². The Balaban J connectivity index is 1.38. The second kappa shape index (κ2) is 10.1. The summed E-state index contributed by atoms with van der Waals surface area (Å²) in [6, 6.07) is 7.73. The topological polar surface area (TPSA) is 128 Å². The molecule has 3 aliphatic rings. The third-order valence-corrected chi connectivity index (χ3v) is 6.47. The number of fused-ring (bicyclic) bond motifs is 5. The van der Waals surface area contributed by atoms with Crippen LogP contribution in [-0.4, -0.2) is 46.6 Å². The van der Waals surface area contributed by atoms with Crippen LogP contribution in [0.25, 0.3) is 0 Å². The zero-order chi connectivity index (χ0) is 26.0. The number of alkyl carbamates (subject to hydrolysis) is 1. The van der Waals surface area contributed by atoms with E-state index in [1.165, 1.54) is 0 Å². The number of nitrogens with zero attached hydrogens (tertiary/aromatic N) is 1. The Labute approximate surface area is 208 Å². The summed E-state index contributed by atoms with van der Waals surface area (Å²) >= 11 is 0. The van der Waals surface area contributed by atoms with Gasteiger partial charge in [-0.15, -0.1) is 5.06 Å². The van der Waals surface area contributed by atoms with Gasteiger partial charge < -0.3 is 19.6 Å². The SMILES string of the molecule is CC(C)(C)OC(=O)N[C@@H](CCC(=O)OCc1ccccc1)C(=O)ON1C(=O)[C@@H]2[C@H](C1=O)[C@H]1C=C[C@@H]2C1. The van der Waals surface area contributed by atoms with Gasteiger partial charge in [-0.05, 0) is 51.0 Å². The number of carbonyl (C=O) groups excluding carboxylic acids is 5. The lowest BCUT2D eigenvalue weighted by molar-refractivity contribution is -0.200. The molecular weight excluding hydrogens is 468 g/mol. The van der Waals surface area contributed by atoms with Gasteiger partial charge in [0.05, 0.1) is 11.8 Å². The maximum absolute atomic E-state index is 13.0. The molecule has 1 aromatic carbocycles. The number of rotatable bonds is 8. The van der Waals surface area contributed by atoms with Crippen molar-refractivity contribution in [3.63, 3.8) is 0 Å². The second-order valence-corrected chi connectivity index (χ2v) is 10.3. The largest absolute Gasteiger partial charge is 0.461 e. The Morgan fingerprint density at radius 2 is 1.64 bits per heavy atom. The molecule has 1 heterocycles. The van der Waals surface area contributed by atoms with E-state index < -0.39 is 53.3 Å². The minimum Gasteiger partial charge on any atom is -0.461 e. The molecule has 1 aromatic rings. The van der Waals surface area contributed by atoms with Crippen molar-refractivity contribution in [3.8, 4) is 0 Å². The van der Waals surface area contributed by atoms with Crippen molar-refractivity contribution >= 4 is 29.8 Å². The zero-order valence-corrected chi connectivity index (χ0v) is 20.5. The minimum atomic E-state index is -1.35. The number of hydroxylamine groups is 2. The van der Waals surface area contributed by atoms with Crippen LogP contribution < -0.4 is 5.32 Å². The van der Waals surface area contributed by atoms with Crippen molar-refractivity contribution in [2.24, 2.45) is 23.7 Å². The number of amides is 3. The van der Waals surface area contributed by atoms with Gasteiger partial charge in [0.1, 0.15) is 18.2 Å². The highest BCUT2D eigenvalue weighted by atomic mass is 16.7. The molecule has 3 amide bonds. The van der Waals surface area contributed by atoms with Gasteiger partial charge in [-0.1, -0.05) is 42.5 Å². The Morgan fingerprint density at radius 3 is 2.22 bits per heavy atom. The first-order chi connectivity index (χ1) is 17.0. The summed E-state index contributed by atoms with van der Waals surface area (Å²) in [6.07, 6.45) is 3.29. The molecule has 1 saturated carbocycles. The van der Waals surface area contributed by atoms with Gasteiger partial charge in [0.2, 0.25) is 0 Å². The number of imide groups is 1. The second-order valence-electron chi connectivity index (χ2n) is 10.3. The summed E-state index contributed by atoms with van der Waals surface area (Å²) in [6.45, 7) is 5.03. The van der Waals surface area contributed by atoms with E-state index in [1.807, 2.05) is 30.4 Å². The Hall–Kier alpha value is -3.69. The molecule has 0 radical (unpaired) electrons. The van der Waals surface area contributed by atoms with E-state index in [9.17, 15) is 24.0 Å². The average molecular weight is 499 g/mol. The van der Waals surface area contributed by atoms with Crippen molar-refractivity contribution in [1.29, 1.82) is 0 Å². The summed E-state index contributed by atoms with van der Waals surface area (Å²) in [5, 5.41) is 2.90. The maximum Gasteiger partial charge on any atom is 0.408 e. The first-order valence-electron chi connectivity index (χ1n) is 12.0. The number of esters is 1. The van der Waals surface area contributed by atoms with Crippen molar-refractivity contribution in [2.45, 2.75) is 58.3 Å². The van der Waals surface area contributed by atoms with Crippen molar-refractivity contribution in [2.75, 3.05) is 0 Å². The standard InChI is InChI=1S/C26H30N2O8/c1-26(2,3)35-25(33)27-18(11-12-19(29)34-14-15-7-5-4-6-8-15)24(32)36-28-22(30)20-16-9-10-17(13-16)21(20)23(28)31/h4-10,16-18,20-21H,11-14H2,1-3H3,(H,27,33)/t16-,17+,18-,20+,21-/m0/s1. The molecule has 2 fully saturated rings. The third kappa shape index (κ3) is 5.58. The molecular formula is C26H30N2O8. The molecule has 192 valence electrons. The number of benzene rings is 1. The summed E-state index contributed by atoms with van der Waals surface area (Å²) in [7, 11) is 0. The fraction of sp³-hybridized carbons (Fsp3) is 0.500. The van der Waals surface area contributed by atoms with E-state index >= 15 is 0 Å². The van der Waals surface area contributed by atoms with E-state index in [0.717, 1.165) is 12.0 Å². The van der Waals surface area contributed by atoms with E-state index in [2.05, 4.69) is 5.32 Å². The number of nitrogens with one attached hydrogen (secondary N) is 1.